The summed E-state index contributed by atoms with van der Waals surface area (Å²) in [6, 6.07) is -5.86. The van der Waals surface area contributed by atoms with E-state index in [2.05, 4.69) is 16.0 Å². The molecule has 10 atom stereocenters. The van der Waals surface area contributed by atoms with Crippen LogP contribution in [0, 0.1) is 23.7 Å². The molecule has 1 aromatic rings. The lowest BCUT2D eigenvalue weighted by Crippen LogP contribution is -2.65. The van der Waals surface area contributed by atoms with E-state index < -0.39 is 180 Å². The Morgan fingerprint density at radius 3 is 1.86 bits per heavy atom. The molecule has 0 radical (unpaired) electrons. The van der Waals surface area contributed by atoms with Gasteiger partial charge in [0.05, 0.1) is 42.4 Å². The lowest BCUT2D eigenvalue weighted by molar-refractivity contribution is -0.157. The number of piperidine rings is 1. The fourth-order valence-corrected chi connectivity index (χ4v) is 16.3. The second-order valence-corrected chi connectivity index (χ2v) is 31.0. The van der Waals surface area contributed by atoms with Crippen molar-refractivity contribution in [1.82, 2.24) is 60.0 Å². The minimum atomic E-state index is -4.78. The summed E-state index contributed by atoms with van der Waals surface area (Å²) in [5, 5.41) is 32.0. The predicted octanol–water partition coefficient (Wildman–Crippen LogP) is 5.19. The van der Waals surface area contributed by atoms with Crippen LogP contribution in [0.15, 0.2) is 18.2 Å². The van der Waals surface area contributed by atoms with Gasteiger partial charge in [0.1, 0.15) is 48.0 Å². The summed E-state index contributed by atoms with van der Waals surface area (Å²) in [5.41, 5.74) is -2.49. The third-order valence-corrected chi connectivity index (χ3v) is 22.9. The van der Waals surface area contributed by atoms with E-state index in [1.54, 1.807) is 11.8 Å². The molecule has 3 heterocycles. The Balaban J connectivity index is 1.30. The molecule has 102 heavy (non-hydrogen) atoms. The molecule has 1 unspecified atom stereocenters. The van der Waals surface area contributed by atoms with Gasteiger partial charge < -0.3 is 65.4 Å². The molecule has 1 aromatic carbocycles. The molecule has 11 amide bonds. The number of likely N-dealkylation sites (N-methyl/N-ethyl adjacent to an activating group) is 7. The van der Waals surface area contributed by atoms with Crippen molar-refractivity contribution in [3.05, 3.63) is 34.3 Å². The second kappa shape index (κ2) is 36.9. The SMILES string of the molecule is CC[C@H](C)[C@@H]1NC(=O)[C@H](CC(C)C)N(C)C(O)C[C@@H](C(=O)N2CCCCC2)N(C)C(=O)[C@H](C2CCCCC2)N(C)C(=O)C2(CCCC2)NC(=O)[C@@H]2C[C@H](O)CN2C(=O)[C@H](CCc2ccc(C(F)(F)F)c(Cl)c2)NC(=O)CN(C)C(=O)[C@H](CC2CCCCC2)N(C)C(=O)CN(C)C(=O)CN(C)C1=O. The average Bonchev–Trinajstić information content (AvgIpc) is 1.45. The lowest BCUT2D eigenvalue weighted by atomic mass is 9.81. The Morgan fingerprint density at radius 1 is 0.667 bits per heavy atom. The number of benzene rings is 1. The van der Waals surface area contributed by atoms with Gasteiger partial charge in [-0.15, -0.1) is 0 Å². The molecular formula is C73H114ClF3N12O13. The van der Waals surface area contributed by atoms with Crippen molar-refractivity contribution in [2.45, 2.75) is 248 Å². The maximum Gasteiger partial charge on any atom is 0.417 e. The van der Waals surface area contributed by atoms with E-state index in [0.29, 0.717) is 58.0 Å². The summed E-state index contributed by atoms with van der Waals surface area (Å²) in [5.74, 6) is -8.38. The van der Waals surface area contributed by atoms with Crippen molar-refractivity contribution in [3.8, 4) is 0 Å². The zero-order chi connectivity index (χ0) is 75.2. The first-order valence-electron chi connectivity index (χ1n) is 37.1. The minimum absolute atomic E-state index is 0.00127. The van der Waals surface area contributed by atoms with E-state index in [1.807, 2.05) is 20.8 Å². The molecule has 7 rings (SSSR count). The average molecular weight is 1460 g/mol. The van der Waals surface area contributed by atoms with Crippen molar-refractivity contribution >= 4 is 76.6 Å². The minimum Gasteiger partial charge on any atom is -0.391 e. The standard InChI is InChI=1S/C73H114ClF3N12O13/c1-12-46(4)62-69(100)83(7)43-60(93)81(5)44-61(94)85(9)56(38-47-24-16-13-17-25-47)67(98)82(6)42-58(91)78-53(31-29-48-28-30-51(52(74)37-48)73(75,76)77)66(97)89-41-50(90)39-55(89)65(96)80-72(32-20-21-33-72)71(102)87(11)63(49-26-18-14-19-27-49)70(101)86(10)57(68(99)88-34-22-15-23-35-88)40-59(92)84(8)54(36-45(2)3)64(95)79-62/h28,30,37,45-47,49-50,53-57,59,62-63,90,92H,12-27,29,31-36,38-44H2,1-11H3,(H,78,91)(H,79,95)(H,80,96)/t46-,50-,53-,54-,55-,56-,57-,59?,62-,63-/m0/s1. The number of aryl methyl sites for hydroxylation is 1. The molecule has 25 nitrogen and oxygen atoms in total. The zero-order valence-corrected chi connectivity index (χ0v) is 62.6. The van der Waals surface area contributed by atoms with Crippen LogP contribution < -0.4 is 16.0 Å². The first-order chi connectivity index (χ1) is 48.1. The Hall–Kier alpha value is -6.65. The number of hydrogen-bond acceptors (Lipinski definition) is 14. The summed E-state index contributed by atoms with van der Waals surface area (Å²) in [7, 11) is 10.1. The first-order valence-corrected chi connectivity index (χ1v) is 37.4. The third-order valence-electron chi connectivity index (χ3n) is 22.5. The van der Waals surface area contributed by atoms with Gasteiger partial charge in [0.15, 0.2) is 0 Å². The number of hydrogen-bond donors (Lipinski definition) is 5. The highest BCUT2D eigenvalue weighted by Crippen LogP contribution is 2.39. The fraction of sp³-hybridized carbons (Fsp3) is 0.767. The topological polar surface area (TPSA) is 293 Å². The summed E-state index contributed by atoms with van der Waals surface area (Å²) in [6.45, 7) is 6.04. The maximum absolute atomic E-state index is 15.9. The number of amides is 11. The van der Waals surface area contributed by atoms with Crippen molar-refractivity contribution in [1.29, 1.82) is 0 Å². The molecule has 1 spiro atoms. The number of aliphatic hydroxyl groups excluding tert-OH is 2. The predicted molar refractivity (Wildman–Crippen MR) is 376 cm³/mol. The maximum atomic E-state index is 15.9. The van der Waals surface area contributed by atoms with Gasteiger partial charge in [-0.25, -0.2) is 0 Å². The highest BCUT2D eigenvalue weighted by molar-refractivity contribution is 6.31. The Kier molecular flexibility index (Phi) is 29.9. The Morgan fingerprint density at radius 2 is 1.26 bits per heavy atom. The highest BCUT2D eigenvalue weighted by atomic mass is 35.5. The van der Waals surface area contributed by atoms with Gasteiger partial charge in [0.25, 0.3) is 0 Å². The number of nitrogens with one attached hydrogen (secondary N) is 3. The van der Waals surface area contributed by atoms with Gasteiger partial charge in [-0.2, -0.15) is 13.2 Å². The molecule has 0 aromatic heterocycles. The van der Waals surface area contributed by atoms with E-state index in [-0.39, 0.29) is 68.8 Å². The quantitative estimate of drug-likeness (QED) is 0.191. The van der Waals surface area contributed by atoms with Crippen LogP contribution in [0.3, 0.4) is 0 Å². The molecule has 3 saturated heterocycles. The van der Waals surface area contributed by atoms with Crippen LogP contribution >= 0.6 is 11.6 Å². The molecule has 0 bridgehead atoms. The summed E-state index contributed by atoms with van der Waals surface area (Å²) < 4.78 is 41.7. The van der Waals surface area contributed by atoms with Crippen molar-refractivity contribution in [3.63, 3.8) is 0 Å². The van der Waals surface area contributed by atoms with Crippen LogP contribution in [0.5, 0.6) is 0 Å². The molecule has 3 aliphatic carbocycles. The summed E-state index contributed by atoms with van der Waals surface area (Å²) in [4.78, 5) is 176. The largest absolute Gasteiger partial charge is 0.417 e. The number of carbonyl (C=O) groups excluding carboxylic acids is 11. The number of nitrogens with zero attached hydrogens (tertiary/aromatic N) is 9. The number of carbonyl (C=O) groups is 11. The normalized spacial score (nSPS) is 28.3. The Bertz CT molecular complexity index is 3120. The van der Waals surface area contributed by atoms with Gasteiger partial charge in [0, 0.05) is 74.8 Å². The highest BCUT2D eigenvalue weighted by Gasteiger charge is 2.52. The molecule has 6 aliphatic rings. The van der Waals surface area contributed by atoms with Crippen LogP contribution in [0.25, 0.3) is 0 Å². The van der Waals surface area contributed by atoms with Crippen molar-refractivity contribution in [2.24, 2.45) is 23.7 Å². The van der Waals surface area contributed by atoms with Crippen LogP contribution in [0.2, 0.25) is 5.02 Å². The smallest absolute Gasteiger partial charge is 0.391 e. The molecule has 5 N–H and O–H groups in total. The van der Waals surface area contributed by atoms with Crippen LogP contribution in [0.1, 0.15) is 187 Å². The van der Waals surface area contributed by atoms with Gasteiger partial charge in [-0.3, -0.25) is 57.6 Å². The summed E-state index contributed by atoms with van der Waals surface area (Å²) >= 11 is 6.16. The molecule has 6 fully saturated rings. The van der Waals surface area contributed by atoms with Gasteiger partial charge in [0.2, 0.25) is 65.0 Å². The Labute approximate surface area is 605 Å². The lowest BCUT2D eigenvalue weighted by Gasteiger charge is -2.44. The number of fused-ring (bicyclic) bond motifs is 1. The van der Waals surface area contributed by atoms with Gasteiger partial charge in [-0.1, -0.05) is 116 Å². The number of alkyl halides is 3. The van der Waals surface area contributed by atoms with E-state index in [0.717, 1.165) is 89.5 Å². The van der Waals surface area contributed by atoms with E-state index in [4.69, 9.17) is 11.6 Å². The number of halogens is 4. The zero-order valence-electron chi connectivity index (χ0n) is 61.9. The van der Waals surface area contributed by atoms with Crippen LogP contribution in [-0.2, 0) is 65.3 Å². The van der Waals surface area contributed by atoms with Crippen LogP contribution in [-0.4, -0.2) is 268 Å². The molecule has 29 heteroatoms. The van der Waals surface area contributed by atoms with E-state index in [9.17, 15) is 52.2 Å². The molecule has 572 valence electrons. The second-order valence-electron chi connectivity index (χ2n) is 30.6. The number of aliphatic hydroxyl groups is 2. The monoisotopic (exact) mass is 1460 g/mol. The number of likely N-dealkylation sites (tertiary alicyclic amines) is 1. The molecule has 3 saturated carbocycles. The first kappa shape index (κ1) is 82.6. The number of rotatable bonds is 11. The summed E-state index contributed by atoms with van der Waals surface area (Å²) in [6.07, 6.45) is 3.24. The molecule has 3 aliphatic heterocycles. The van der Waals surface area contributed by atoms with Gasteiger partial charge in [-0.05, 0) is 119 Å². The van der Waals surface area contributed by atoms with Crippen LogP contribution in [0.4, 0.5) is 13.2 Å². The molecular weight excluding hydrogens is 1350 g/mol. The third kappa shape index (κ3) is 20.9. The van der Waals surface area contributed by atoms with Crippen molar-refractivity contribution in [2.75, 3.05) is 88.6 Å². The van der Waals surface area contributed by atoms with Crippen molar-refractivity contribution < 1.29 is 76.1 Å². The van der Waals surface area contributed by atoms with E-state index >= 15 is 24.0 Å². The fourth-order valence-electron chi connectivity index (χ4n) is 16.0. The van der Waals surface area contributed by atoms with E-state index in [1.165, 1.54) is 75.0 Å². The van der Waals surface area contributed by atoms with Gasteiger partial charge >= 0.3 is 6.18 Å².